The van der Waals surface area contributed by atoms with Crippen LogP contribution in [0, 0.1) is 16.0 Å². The number of non-ortho nitro benzene ring substituents is 1. The van der Waals surface area contributed by atoms with Crippen LogP contribution in [0.2, 0.25) is 0 Å². The molecule has 0 N–H and O–H groups in total. The lowest BCUT2D eigenvalue weighted by Gasteiger charge is -2.38. The number of piperazine rings is 1. The summed E-state index contributed by atoms with van der Waals surface area (Å²) in [6.07, 6.45) is 0.480. The van der Waals surface area contributed by atoms with Gasteiger partial charge in [-0.05, 0) is 49.8 Å². The summed E-state index contributed by atoms with van der Waals surface area (Å²) < 4.78 is 70.1. The first kappa shape index (κ1) is 29.4. The highest BCUT2D eigenvalue weighted by Crippen LogP contribution is 2.39. The molecular weight excluding hydrogens is 585 g/mol. The van der Waals surface area contributed by atoms with E-state index in [4.69, 9.17) is 4.18 Å². The first-order valence-corrected chi connectivity index (χ1v) is 15.3. The van der Waals surface area contributed by atoms with Gasteiger partial charge in [0, 0.05) is 62.6 Å². The molecule has 1 saturated carbocycles. The van der Waals surface area contributed by atoms with Crippen molar-refractivity contribution in [2.75, 3.05) is 37.6 Å². The largest absolute Gasteiger partial charge is 0.416 e. The van der Waals surface area contributed by atoms with E-state index in [0.29, 0.717) is 62.1 Å². The van der Waals surface area contributed by atoms with Crippen molar-refractivity contribution in [3.8, 4) is 0 Å². The number of nitro groups is 1. The van der Waals surface area contributed by atoms with E-state index in [1.54, 1.807) is 6.07 Å². The van der Waals surface area contributed by atoms with Crippen LogP contribution in [0.3, 0.4) is 0 Å². The normalized spacial score (nSPS) is 20.8. The first-order chi connectivity index (χ1) is 19.4. The Morgan fingerprint density at radius 1 is 1.10 bits per heavy atom. The lowest BCUT2D eigenvalue weighted by atomic mass is 9.87. The lowest BCUT2D eigenvalue weighted by Crippen LogP contribution is -2.48. The van der Waals surface area contributed by atoms with Gasteiger partial charge in [-0.2, -0.15) is 21.6 Å². The third-order valence-corrected chi connectivity index (χ3v) is 10.1. The molecule has 1 saturated heterocycles. The Labute approximate surface area is 237 Å². The van der Waals surface area contributed by atoms with Crippen LogP contribution in [0.15, 0.2) is 52.4 Å². The Bertz CT molecular complexity index is 1580. The number of halogens is 3. The fourth-order valence-electron chi connectivity index (χ4n) is 5.34. The maximum Gasteiger partial charge on any atom is 0.416 e. The Kier molecular flexibility index (Phi) is 8.32. The van der Waals surface area contributed by atoms with E-state index in [1.165, 1.54) is 24.5 Å². The number of fused-ring (bicyclic) bond motifs is 1. The second kappa shape index (κ2) is 11.6. The molecule has 0 radical (unpaired) electrons. The molecule has 2 aliphatic rings. The fraction of sp³-hybridized carbons (Fsp3) is 0.462. The highest BCUT2D eigenvalue weighted by Gasteiger charge is 2.34. The first-order valence-electron chi connectivity index (χ1n) is 13.0. The molecule has 2 aromatic heterocycles. The molecule has 1 aliphatic heterocycles. The highest BCUT2D eigenvalue weighted by atomic mass is 32.2. The number of hydrogen-bond acceptors (Lipinski definition) is 10. The number of pyridine rings is 1. The maximum absolute atomic E-state index is 13.2. The Balaban J connectivity index is 1.18. The van der Waals surface area contributed by atoms with Gasteiger partial charge in [-0.3, -0.25) is 29.0 Å². The smallest absolute Gasteiger partial charge is 0.361 e. The summed E-state index contributed by atoms with van der Waals surface area (Å²) in [4.78, 5) is 31.5. The minimum absolute atomic E-state index is 0.0390. The summed E-state index contributed by atoms with van der Waals surface area (Å²) in [5.41, 5.74) is -2.64. The molecule has 1 aromatic carbocycles. The van der Waals surface area contributed by atoms with E-state index in [-0.39, 0.29) is 21.1 Å². The van der Waals surface area contributed by atoms with Gasteiger partial charge in [0.2, 0.25) is 0 Å². The average molecular weight is 613 g/mol. The van der Waals surface area contributed by atoms with E-state index in [1.807, 2.05) is 4.90 Å². The summed E-state index contributed by atoms with van der Waals surface area (Å²) in [6, 6.07) is 5.41. The number of benzene rings is 1. The number of alkyl halides is 3. The van der Waals surface area contributed by atoms with Crippen LogP contribution in [0.4, 0.5) is 23.9 Å². The summed E-state index contributed by atoms with van der Waals surface area (Å²) >= 11 is 0.953. The van der Waals surface area contributed by atoms with Gasteiger partial charge in [0.1, 0.15) is 9.60 Å². The van der Waals surface area contributed by atoms with Gasteiger partial charge < -0.3 is 4.90 Å². The quantitative estimate of drug-likeness (QED) is 0.213. The standard InChI is InChI=1S/C26H27F3N4O6S2/c27-26(28,29)18-12-21-23(34)14-24(40-25(21)22(13-18)33(35)36)32-10-8-31(9-11-32)16-17-3-5-19(6-4-17)39-41(37,38)20-2-1-7-30-15-20/h1-2,7,12-15,17,19H,3-6,8-11,16H2. The van der Waals surface area contributed by atoms with Crippen molar-refractivity contribution in [2.45, 2.75) is 42.9 Å². The number of rotatable bonds is 7. The second-order valence-corrected chi connectivity index (χ2v) is 12.8. The van der Waals surface area contributed by atoms with Gasteiger partial charge in [0.25, 0.3) is 15.8 Å². The number of nitrogens with zero attached hydrogens (tertiary/aromatic N) is 4. The number of hydrogen-bond donors (Lipinski definition) is 0. The van der Waals surface area contributed by atoms with E-state index in [0.717, 1.165) is 30.7 Å². The maximum atomic E-state index is 13.2. The van der Waals surface area contributed by atoms with E-state index >= 15 is 0 Å². The minimum atomic E-state index is -4.81. The van der Waals surface area contributed by atoms with Crippen LogP contribution >= 0.6 is 11.3 Å². The third kappa shape index (κ3) is 6.68. The zero-order valence-corrected chi connectivity index (χ0v) is 23.4. The van der Waals surface area contributed by atoms with Crippen LogP contribution in [0.1, 0.15) is 31.2 Å². The third-order valence-electron chi connectivity index (χ3n) is 7.50. The molecule has 0 bridgehead atoms. The van der Waals surface area contributed by atoms with Gasteiger partial charge >= 0.3 is 6.18 Å². The molecule has 5 rings (SSSR count). The molecule has 0 unspecified atom stereocenters. The summed E-state index contributed by atoms with van der Waals surface area (Å²) in [6.45, 7) is 3.30. The van der Waals surface area contributed by atoms with Crippen molar-refractivity contribution in [1.82, 2.24) is 9.88 Å². The van der Waals surface area contributed by atoms with Gasteiger partial charge in [0.05, 0.1) is 21.6 Å². The Hall–Kier alpha value is -3.14. The lowest BCUT2D eigenvalue weighted by molar-refractivity contribution is -0.383. The van der Waals surface area contributed by atoms with E-state index in [9.17, 15) is 36.5 Å². The molecule has 3 heterocycles. The van der Waals surface area contributed by atoms with Crippen LogP contribution < -0.4 is 10.3 Å². The molecule has 0 spiro atoms. The molecule has 2 fully saturated rings. The Morgan fingerprint density at radius 2 is 1.80 bits per heavy atom. The van der Waals surface area contributed by atoms with Crippen LogP contribution in [0.25, 0.3) is 10.1 Å². The monoisotopic (exact) mass is 612 g/mol. The topological polar surface area (TPSA) is 123 Å². The van der Waals surface area contributed by atoms with Crippen molar-refractivity contribution < 1.29 is 30.7 Å². The predicted octanol–water partition coefficient (Wildman–Crippen LogP) is 4.67. The fourth-order valence-corrected chi connectivity index (χ4v) is 7.63. The minimum Gasteiger partial charge on any atom is -0.361 e. The Morgan fingerprint density at radius 3 is 2.41 bits per heavy atom. The van der Waals surface area contributed by atoms with E-state index < -0.39 is 37.9 Å². The molecule has 0 amide bonds. The zero-order chi connectivity index (χ0) is 29.4. The van der Waals surface area contributed by atoms with Gasteiger partial charge in [-0.1, -0.05) is 0 Å². The van der Waals surface area contributed by atoms with Crippen LogP contribution in [-0.2, 0) is 20.5 Å². The second-order valence-electron chi connectivity index (χ2n) is 10.2. The molecule has 10 nitrogen and oxygen atoms in total. The van der Waals surface area contributed by atoms with Crippen LogP contribution in [-0.4, -0.2) is 62.1 Å². The average Bonchev–Trinajstić information content (AvgIpc) is 2.94. The van der Waals surface area contributed by atoms with Crippen molar-refractivity contribution in [1.29, 1.82) is 0 Å². The van der Waals surface area contributed by atoms with E-state index in [2.05, 4.69) is 9.88 Å². The zero-order valence-electron chi connectivity index (χ0n) is 21.7. The summed E-state index contributed by atoms with van der Waals surface area (Å²) in [7, 11) is -3.86. The van der Waals surface area contributed by atoms with Gasteiger partial charge in [0.15, 0.2) is 5.43 Å². The predicted molar refractivity (Wildman–Crippen MR) is 147 cm³/mol. The molecule has 41 heavy (non-hydrogen) atoms. The van der Waals surface area contributed by atoms with Crippen molar-refractivity contribution >= 4 is 42.2 Å². The van der Waals surface area contributed by atoms with Gasteiger partial charge in [-0.25, -0.2) is 0 Å². The van der Waals surface area contributed by atoms with Crippen molar-refractivity contribution in [2.24, 2.45) is 5.92 Å². The number of anilines is 1. The molecule has 220 valence electrons. The molecule has 1 aliphatic carbocycles. The molecule has 3 aromatic rings. The molecule has 15 heteroatoms. The number of nitro benzene ring substituents is 1. The summed E-state index contributed by atoms with van der Waals surface area (Å²) in [5.74, 6) is 0.379. The van der Waals surface area contributed by atoms with Crippen molar-refractivity contribution in [3.63, 3.8) is 0 Å². The van der Waals surface area contributed by atoms with Gasteiger partial charge in [-0.15, -0.1) is 11.3 Å². The SMILES string of the molecule is O=c1cc(N2CCN(CC3CCC(OS(=O)(=O)c4cccnc4)CC3)CC2)sc2c([N+](=O)[O-])cc(C(F)(F)F)cc12. The van der Waals surface area contributed by atoms with Crippen molar-refractivity contribution in [3.05, 3.63) is 68.6 Å². The highest BCUT2D eigenvalue weighted by molar-refractivity contribution is 7.86. The number of aromatic nitrogens is 1. The molecular formula is C26H27F3N4O6S2. The van der Waals surface area contributed by atoms with Crippen LogP contribution in [0.5, 0.6) is 0 Å². The molecule has 0 atom stereocenters. The summed E-state index contributed by atoms with van der Waals surface area (Å²) in [5, 5.41) is 11.7.